The minimum absolute atomic E-state index is 0.221. The quantitative estimate of drug-likeness (QED) is 0.607. The van der Waals surface area contributed by atoms with Crippen LogP contribution in [0.25, 0.3) is 11.0 Å². The van der Waals surface area contributed by atoms with Crippen LogP contribution in [0.1, 0.15) is 12.5 Å². The highest BCUT2D eigenvalue weighted by atomic mass is 16.2. The van der Waals surface area contributed by atoms with Crippen molar-refractivity contribution in [3.05, 3.63) is 60.2 Å². The fourth-order valence-corrected chi connectivity index (χ4v) is 3.53. The second-order valence-corrected chi connectivity index (χ2v) is 7.51. The van der Waals surface area contributed by atoms with E-state index >= 15 is 0 Å². The number of para-hydroxylation sites is 2. The molecule has 156 valence electrons. The third kappa shape index (κ3) is 4.77. The number of hydrogen-bond donors (Lipinski definition) is 3. The average molecular weight is 406 g/mol. The molecule has 1 aromatic heterocycles. The van der Waals surface area contributed by atoms with Crippen LogP contribution in [-0.4, -0.2) is 63.9 Å². The third-order valence-corrected chi connectivity index (χ3v) is 5.27. The Morgan fingerprint density at radius 2 is 1.73 bits per heavy atom. The van der Waals surface area contributed by atoms with Crippen LogP contribution in [0.5, 0.6) is 0 Å². The van der Waals surface area contributed by atoms with E-state index in [1.165, 1.54) is 5.56 Å². The Morgan fingerprint density at radius 3 is 2.47 bits per heavy atom. The molecule has 3 amide bonds. The van der Waals surface area contributed by atoms with Crippen molar-refractivity contribution in [3.63, 3.8) is 0 Å². The van der Waals surface area contributed by atoms with E-state index in [-0.39, 0.29) is 11.9 Å². The lowest BCUT2D eigenvalue weighted by Crippen LogP contribution is -2.54. The van der Waals surface area contributed by atoms with Crippen molar-refractivity contribution < 1.29 is 9.59 Å². The molecule has 8 nitrogen and oxygen atoms in total. The van der Waals surface area contributed by atoms with E-state index in [2.05, 4.69) is 37.6 Å². The fourth-order valence-electron chi connectivity index (χ4n) is 3.53. The van der Waals surface area contributed by atoms with Crippen LogP contribution in [0.15, 0.2) is 54.6 Å². The summed E-state index contributed by atoms with van der Waals surface area (Å²) in [6.45, 7) is 5.44. The number of nitrogens with zero attached hydrogens (tertiary/aromatic N) is 3. The lowest BCUT2D eigenvalue weighted by molar-refractivity contribution is -0.117. The van der Waals surface area contributed by atoms with Crippen LogP contribution in [0.4, 0.5) is 10.7 Å². The molecule has 1 aliphatic heterocycles. The van der Waals surface area contributed by atoms with Crippen molar-refractivity contribution >= 4 is 28.9 Å². The molecule has 0 radical (unpaired) electrons. The van der Waals surface area contributed by atoms with Crippen LogP contribution in [0.3, 0.4) is 0 Å². The number of aromatic amines is 1. The van der Waals surface area contributed by atoms with E-state index in [9.17, 15) is 9.59 Å². The minimum Gasteiger partial charge on any atom is -0.326 e. The van der Waals surface area contributed by atoms with Crippen molar-refractivity contribution in [2.75, 3.05) is 31.5 Å². The third-order valence-electron chi connectivity index (χ3n) is 5.27. The van der Waals surface area contributed by atoms with E-state index in [1.54, 1.807) is 11.8 Å². The SMILES string of the molecule is CC(NC(=O)N1CCN(Cc2ccccc2)CC1)C(=O)Nc1nc2ccccc2[nH]1. The molecule has 8 heteroatoms. The monoisotopic (exact) mass is 406 g/mol. The number of H-pyrrole nitrogens is 1. The maximum atomic E-state index is 12.6. The number of nitrogens with one attached hydrogen (secondary N) is 3. The molecule has 1 unspecified atom stereocenters. The van der Waals surface area contributed by atoms with Gasteiger partial charge in [0.25, 0.3) is 0 Å². The van der Waals surface area contributed by atoms with Gasteiger partial charge in [0.2, 0.25) is 11.9 Å². The number of anilines is 1. The number of carbonyl (C=O) groups excluding carboxylic acids is 2. The van der Waals surface area contributed by atoms with Crippen LogP contribution in [0.2, 0.25) is 0 Å². The number of hydrogen-bond acceptors (Lipinski definition) is 4. The number of aromatic nitrogens is 2. The number of carbonyl (C=O) groups is 2. The molecule has 0 aliphatic carbocycles. The molecule has 2 aromatic carbocycles. The summed E-state index contributed by atoms with van der Waals surface area (Å²) in [5, 5.41) is 5.51. The summed E-state index contributed by atoms with van der Waals surface area (Å²) in [5.74, 6) is 0.0574. The van der Waals surface area contributed by atoms with Gasteiger partial charge in [-0.15, -0.1) is 0 Å². The number of imidazole rings is 1. The van der Waals surface area contributed by atoms with E-state index in [0.29, 0.717) is 19.0 Å². The van der Waals surface area contributed by atoms with E-state index in [1.807, 2.05) is 42.5 Å². The zero-order valence-corrected chi connectivity index (χ0v) is 17.0. The second kappa shape index (κ2) is 8.96. The van der Waals surface area contributed by atoms with Crippen LogP contribution in [-0.2, 0) is 11.3 Å². The molecule has 0 bridgehead atoms. The molecule has 0 saturated carbocycles. The van der Waals surface area contributed by atoms with Crippen LogP contribution < -0.4 is 10.6 Å². The first kappa shape index (κ1) is 19.9. The van der Waals surface area contributed by atoms with Crippen molar-refractivity contribution in [1.29, 1.82) is 0 Å². The lowest BCUT2D eigenvalue weighted by atomic mass is 10.2. The number of urea groups is 1. The van der Waals surface area contributed by atoms with Gasteiger partial charge in [-0.05, 0) is 24.6 Å². The molecule has 1 atom stereocenters. The molecular formula is C22H26N6O2. The maximum Gasteiger partial charge on any atom is 0.318 e. The van der Waals surface area contributed by atoms with Gasteiger partial charge in [-0.25, -0.2) is 9.78 Å². The molecule has 3 N–H and O–H groups in total. The number of benzene rings is 2. The first-order valence-corrected chi connectivity index (χ1v) is 10.2. The smallest absolute Gasteiger partial charge is 0.318 e. The molecular weight excluding hydrogens is 380 g/mol. The zero-order chi connectivity index (χ0) is 20.9. The predicted molar refractivity (Wildman–Crippen MR) is 116 cm³/mol. The standard InChI is InChI=1S/C22H26N6O2/c1-16(20(29)26-21-24-18-9-5-6-10-19(18)25-21)23-22(30)28-13-11-27(12-14-28)15-17-7-3-2-4-8-17/h2-10,16H,11-15H2,1H3,(H,23,30)(H2,24,25,26,29). The van der Waals surface area contributed by atoms with E-state index in [0.717, 1.165) is 30.7 Å². The topological polar surface area (TPSA) is 93.4 Å². The van der Waals surface area contributed by atoms with Gasteiger partial charge in [-0.3, -0.25) is 15.0 Å². The van der Waals surface area contributed by atoms with Gasteiger partial charge in [-0.2, -0.15) is 0 Å². The molecule has 1 saturated heterocycles. The summed E-state index contributed by atoms with van der Waals surface area (Å²) >= 11 is 0. The van der Waals surface area contributed by atoms with Gasteiger partial charge >= 0.3 is 6.03 Å². The van der Waals surface area contributed by atoms with Crippen molar-refractivity contribution in [1.82, 2.24) is 25.1 Å². The van der Waals surface area contributed by atoms with Gasteiger partial charge in [-0.1, -0.05) is 42.5 Å². The maximum absolute atomic E-state index is 12.6. The Balaban J connectivity index is 1.24. The van der Waals surface area contributed by atoms with Crippen molar-refractivity contribution in [2.24, 2.45) is 0 Å². The summed E-state index contributed by atoms with van der Waals surface area (Å²) in [4.78, 5) is 36.5. The molecule has 30 heavy (non-hydrogen) atoms. The Bertz CT molecular complexity index is 978. The summed E-state index contributed by atoms with van der Waals surface area (Å²) in [6.07, 6.45) is 0. The first-order valence-electron chi connectivity index (χ1n) is 10.2. The average Bonchev–Trinajstić information content (AvgIpc) is 3.17. The fraction of sp³-hybridized carbons (Fsp3) is 0.318. The van der Waals surface area contributed by atoms with Crippen LogP contribution >= 0.6 is 0 Å². The summed E-state index contributed by atoms with van der Waals surface area (Å²) in [7, 11) is 0. The van der Waals surface area contributed by atoms with Crippen LogP contribution in [0, 0.1) is 0 Å². The highest BCUT2D eigenvalue weighted by Gasteiger charge is 2.24. The van der Waals surface area contributed by atoms with Gasteiger partial charge < -0.3 is 15.2 Å². The Hall–Kier alpha value is -3.39. The highest BCUT2D eigenvalue weighted by Crippen LogP contribution is 2.13. The largest absolute Gasteiger partial charge is 0.326 e. The Kier molecular flexibility index (Phi) is 5.94. The first-order chi connectivity index (χ1) is 14.6. The van der Waals surface area contributed by atoms with Gasteiger partial charge in [0, 0.05) is 32.7 Å². The minimum atomic E-state index is -0.673. The van der Waals surface area contributed by atoms with Gasteiger partial charge in [0.05, 0.1) is 11.0 Å². The van der Waals surface area contributed by atoms with Crippen molar-refractivity contribution in [2.45, 2.75) is 19.5 Å². The van der Waals surface area contributed by atoms with E-state index < -0.39 is 6.04 Å². The zero-order valence-electron chi connectivity index (χ0n) is 17.0. The highest BCUT2D eigenvalue weighted by molar-refractivity contribution is 5.96. The molecule has 1 aliphatic rings. The normalized spacial score (nSPS) is 15.7. The van der Waals surface area contributed by atoms with Gasteiger partial charge in [0.1, 0.15) is 6.04 Å². The van der Waals surface area contributed by atoms with Gasteiger partial charge in [0.15, 0.2) is 0 Å². The molecule has 3 aromatic rings. The van der Waals surface area contributed by atoms with E-state index in [4.69, 9.17) is 0 Å². The predicted octanol–water partition coefficient (Wildman–Crippen LogP) is 2.42. The number of fused-ring (bicyclic) bond motifs is 1. The summed E-state index contributed by atoms with van der Waals surface area (Å²) in [5.41, 5.74) is 2.89. The molecule has 2 heterocycles. The molecule has 4 rings (SSSR count). The Morgan fingerprint density at radius 1 is 1.03 bits per heavy atom. The van der Waals surface area contributed by atoms with Crippen molar-refractivity contribution in [3.8, 4) is 0 Å². The molecule has 1 fully saturated rings. The molecule has 0 spiro atoms. The lowest BCUT2D eigenvalue weighted by Gasteiger charge is -2.35. The number of rotatable bonds is 5. The number of amides is 3. The second-order valence-electron chi connectivity index (χ2n) is 7.51. The Labute approximate surface area is 175 Å². The summed E-state index contributed by atoms with van der Waals surface area (Å²) in [6, 6.07) is 17.0. The number of piperazine rings is 1. The summed E-state index contributed by atoms with van der Waals surface area (Å²) < 4.78 is 0.